The van der Waals surface area contributed by atoms with Gasteiger partial charge in [-0.25, -0.2) is 0 Å². The summed E-state index contributed by atoms with van der Waals surface area (Å²) in [5.41, 5.74) is 5.01. The Morgan fingerprint density at radius 2 is 2.43 bits per heavy atom. The van der Waals surface area contributed by atoms with E-state index in [1.165, 1.54) is 0 Å². The molecule has 0 radical (unpaired) electrons. The van der Waals surface area contributed by atoms with Gasteiger partial charge in [-0.2, -0.15) is 0 Å². The summed E-state index contributed by atoms with van der Waals surface area (Å²) in [5, 5.41) is 3.22. The van der Waals surface area contributed by atoms with Gasteiger partial charge in [0.2, 0.25) is 5.91 Å². The van der Waals surface area contributed by atoms with Crippen LogP contribution in [0.5, 0.6) is 0 Å². The summed E-state index contributed by atoms with van der Waals surface area (Å²) in [7, 11) is 0. The van der Waals surface area contributed by atoms with E-state index in [0.717, 1.165) is 32.5 Å². The minimum atomic E-state index is -0.242. The van der Waals surface area contributed by atoms with Crippen molar-refractivity contribution in [3.63, 3.8) is 0 Å². The zero-order valence-corrected chi connectivity index (χ0v) is 8.33. The van der Waals surface area contributed by atoms with Crippen LogP contribution < -0.4 is 11.1 Å². The smallest absolute Gasteiger partial charge is 0.217 e. The molecule has 0 aromatic heterocycles. The largest absolute Gasteiger partial charge is 0.370 e. The van der Waals surface area contributed by atoms with Crippen molar-refractivity contribution in [2.24, 2.45) is 5.73 Å². The standard InChI is InChI=1S/C9H18N2O3/c10-9(12)2-1-4-11-6-8-3-5-13-7-14-8/h8,11H,1-7H2,(H2,10,12). The molecule has 0 aromatic rings. The van der Waals surface area contributed by atoms with Gasteiger partial charge in [0.1, 0.15) is 6.79 Å². The summed E-state index contributed by atoms with van der Waals surface area (Å²) in [6.07, 6.45) is 2.42. The molecule has 0 aromatic carbocycles. The Bertz CT molecular complexity index is 169. The fourth-order valence-electron chi connectivity index (χ4n) is 1.31. The molecule has 82 valence electrons. The van der Waals surface area contributed by atoms with Crippen LogP contribution in [0.2, 0.25) is 0 Å². The number of carbonyl (C=O) groups is 1. The number of rotatable bonds is 6. The van der Waals surface area contributed by atoms with Crippen LogP contribution in [0, 0.1) is 0 Å². The highest BCUT2D eigenvalue weighted by Gasteiger charge is 2.12. The highest BCUT2D eigenvalue weighted by atomic mass is 16.7. The van der Waals surface area contributed by atoms with Gasteiger partial charge < -0.3 is 20.5 Å². The SMILES string of the molecule is NC(=O)CCCNCC1CCOCO1. The molecule has 1 heterocycles. The second-order valence-corrected chi connectivity index (χ2v) is 3.38. The predicted molar refractivity (Wildman–Crippen MR) is 51.6 cm³/mol. The second kappa shape index (κ2) is 6.75. The van der Waals surface area contributed by atoms with E-state index in [1.807, 2.05) is 0 Å². The first kappa shape index (κ1) is 11.4. The molecule has 0 saturated carbocycles. The first-order valence-electron chi connectivity index (χ1n) is 4.97. The Hall–Kier alpha value is -0.650. The highest BCUT2D eigenvalue weighted by molar-refractivity contribution is 5.73. The summed E-state index contributed by atoms with van der Waals surface area (Å²) < 4.78 is 10.4. The van der Waals surface area contributed by atoms with E-state index in [-0.39, 0.29) is 12.0 Å². The van der Waals surface area contributed by atoms with Crippen LogP contribution in [0.1, 0.15) is 19.3 Å². The van der Waals surface area contributed by atoms with Crippen LogP contribution in [0.3, 0.4) is 0 Å². The molecular weight excluding hydrogens is 184 g/mol. The molecule has 1 aliphatic heterocycles. The zero-order valence-electron chi connectivity index (χ0n) is 8.33. The van der Waals surface area contributed by atoms with Gasteiger partial charge in [0.15, 0.2) is 0 Å². The minimum Gasteiger partial charge on any atom is -0.370 e. The number of hydrogen-bond donors (Lipinski definition) is 2. The monoisotopic (exact) mass is 202 g/mol. The first-order valence-corrected chi connectivity index (χ1v) is 4.97. The number of ether oxygens (including phenoxy) is 2. The molecule has 1 atom stereocenters. The van der Waals surface area contributed by atoms with Crippen LogP contribution in [0.15, 0.2) is 0 Å². The van der Waals surface area contributed by atoms with Gasteiger partial charge in [-0.3, -0.25) is 4.79 Å². The first-order chi connectivity index (χ1) is 6.79. The summed E-state index contributed by atoms with van der Waals surface area (Å²) >= 11 is 0. The maximum absolute atomic E-state index is 10.4. The van der Waals surface area contributed by atoms with Gasteiger partial charge in [0.25, 0.3) is 0 Å². The minimum absolute atomic E-state index is 0.242. The molecule has 3 N–H and O–H groups in total. The van der Waals surface area contributed by atoms with E-state index in [4.69, 9.17) is 15.2 Å². The maximum Gasteiger partial charge on any atom is 0.217 e. The molecule has 14 heavy (non-hydrogen) atoms. The number of amides is 1. The van der Waals surface area contributed by atoms with Gasteiger partial charge >= 0.3 is 0 Å². The van der Waals surface area contributed by atoms with Gasteiger partial charge in [-0.15, -0.1) is 0 Å². The van der Waals surface area contributed by atoms with Crippen molar-refractivity contribution in [3.8, 4) is 0 Å². The summed E-state index contributed by atoms with van der Waals surface area (Å²) in [6.45, 7) is 2.80. The highest BCUT2D eigenvalue weighted by Crippen LogP contribution is 2.04. The Labute approximate surface area is 83.9 Å². The van der Waals surface area contributed by atoms with Crippen molar-refractivity contribution in [3.05, 3.63) is 0 Å². The molecule has 1 aliphatic rings. The number of primary amides is 1. The van der Waals surface area contributed by atoms with Crippen molar-refractivity contribution in [2.45, 2.75) is 25.4 Å². The molecular formula is C9H18N2O3. The fraction of sp³-hybridized carbons (Fsp3) is 0.889. The van der Waals surface area contributed by atoms with E-state index in [1.54, 1.807) is 0 Å². The van der Waals surface area contributed by atoms with Crippen LogP contribution >= 0.6 is 0 Å². The van der Waals surface area contributed by atoms with Crippen molar-refractivity contribution in [2.75, 3.05) is 26.5 Å². The van der Waals surface area contributed by atoms with Crippen LogP contribution in [0.4, 0.5) is 0 Å². The van der Waals surface area contributed by atoms with Gasteiger partial charge in [0.05, 0.1) is 12.7 Å². The molecule has 1 unspecified atom stereocenters. The molecule has 5 heteroatoms. The van der Waals surface area contributed by atoms with E-state index in [9.17, 15) is 4.79 Å². The Kier molecular flexibility index (Phi) is 5.51. The predicted octanol–water partition coefficient (Wildman–Crippen LogP) is -0.396. The Balaban J connectivity index is 1.90. The Morgan fingerprint density at radius 1 is 1.57 bits per heavy atom. The van der Waals surface area contributed by atoms with Crippen LogP contribution in [-0.2, 0) is 14.3 Å². The lowest BCUT2D eigenvalue weighted by molar-refractivity contribution is -0.137. The number of nitrogens with two attached hydrogens (primary N) is 1. The number of hydrogen-bond acceptors (Lipinski definition) is 4. The zero-order chi connectivity index (χ0) is 10.2. The lowest BCUT2D eigenvalue weighted by Gasteiger charge is -2.22. The third-order valence-electron chi connectivity index (χ3n) is 2.12. The Morgan fingerprint density at radius 3 is 3.07 bits per heavy atom. The topological polar surface area (TPSA) is 73.6 Å². The average molecular weight is 202 g/mol. The van der Waals surface area contributed by atoms with Gasteiger partial charge in [0, 0.05) is 13.0 Å². The lowest BCUT2D eigenvalue weighted by atomic mass is 10.2. The van der Waals surface area contributed by atoms with Gasteiger partial charge in [-0.1, -0.05) is 0 Å². The fourth-order valence-corrected chi connectivity index (χ4v) is 1.31. The van der Waals surface area contributed by atoms with Crippen LogP contribution in [0.25, 0.3) is 0 Å². The maximum atomic E-state index is 10.4. The average Bonchev–Trinajstić information content (AvgIpc) is 2.18. The van der Waals surface area contributed by atoms with Gasteiger partial charge in [-0.05, 0) is 19.4 Å². The molecule has 1 amide bonds. The van der Waals surface area contributed by atoms with Crippen molar-refractivity contribution in [1.29, 1.82) is 0 Å². The van der Waals surface area contributed by atoms with Crippen molar-refractivity contribution >= 4 is 5.91 Å². The molecule has 0 aliphatic carbocycles. The summed E-state index contributed by atoms with van der Waals surface area (Å²) in [4.78, 5) is 10.4. The van der Waals surface area contributed by atoms with Crippen molar-refractivity contribution < 1.29 is 14.3 Å². The normalized spacial score (nSPS) is 22.1. The number of nitrogens with one attached hydrogen (secondary N) is 1. The van der Waals surface area contributed by atoms with E-state index in [2.05, 4.69) is 5.32 Å². The third-order valence-corrected chi connectivity index (χ3v) is 2.12. The van der Waals surface area contributed by atoms with E-state index < -0.39 is 0 Å². The number of carbonyl (C=O) groups excluding carboxylic acids is 1. The van der Waals surface area contributed by atoms with Crippen LogP contribution in [-0.4, -0.2) is 38.5 Å². The summed E-state index contributed by atoms with van der Waals surface area (Å²) in [5.74, 6) is -0.242. The molecule has 5 nitrogen and oxygen atoms in total. The molecule has 0 bridgehead atoms. The second-order valence-electron chi connectivity index (χ2n) is 3.38. The quantitative estimate of drug-likeness (QED) is 0.575. The molecule has 1 fully saturated rings. The molecule has 1 saturated heterocycles. The molecule has 0 spiro atoms. The summed E-state index contributed by atoms with van der Waals surface area (Å²) in [6, 6.07) is 0. The lowest BCUT2D eigenvalue weighted by Crippen LogP contribution is -2.34. The van der Waals surface area contributed by atoms with Crippen molar-refractivity contribution in [1.82, 2.24) is 5.32 Å². The van der Waals surface area contributed by atoms with E-state index >= 15 is 0 Å². The third kappa shape index (κ3) is 5.16. The molecule has 1 rings (SSSR count). The van der Waals surface area contributed by atoms with E-state index in [0.29, 0.717) is 13.2 Å².